The first-order chi connectivity index (χ1) is 13.5. The van der Waals surface area contributed by atoms with Crippen molar-refractivity contribution < 1.29 is 4.79 Å². The van der Waals surface area contributed by atoms with Crippen LogP contribution in [0.15, 0.2) is 59.4 Å². The Kier molecular flexibility index (Phi) is 4.73. The van der Waals surface area contributed by atoms with Crippen LogP contribution in [0.2, 0.25) is 0 Å². The topological polar surface area (TPSA) is 55.2 Å². The van der Waals surface area contributed by atoms with Crippen LogP contribution in [-0.4, -0.2) is 27.6 Å². The van der Waals surface area contributed by atoms with Gasteiger partial charge in [0.05, 0.1) is 15.8 Å². The molecule has 2 aromatic carbocycles. The number of aryl methyl sites for hydroxylation is 1. The molecule has 1 atom stereocenters. The first-order valence-electron chi connectivity index (χ1n) is 9.17. The highest BCUT2D eigenvalue weighted by Crippen LogP contribution is 2.32. The molecule has 0 spiro atoms. The van der Waals surface area contributed by atoms with Crippen LogP contribution in [0.5, 0.6) is 0 Å². The van der Waals surface area contributed by atoms with Gasteiger partial charge in [-0.2, -0.15) is 5.10 Å². The minimum atomic E-state index is -0.678. The number of likely N-dealkylation sites (N-methyl/N-ethyl adjacent to an activating group) is 1. The van der Waals surface area contributed by atoms with Gasteiger partial charge in [-0.15, -0.1) is 11.3 Å². The maximum atomic E-state index is 13.2. The molecule has 0 saturated heterocycles. The van der Waals surface area contributed by atoms with Crippen molar-refractivity contribution in [3.63, 3.8) is 0 Å². The largest absolute Gasteiger partial charge is 0.340 e. The van der Waals surface area contributed by atoms with Gasteiger partial charge in [-0.05, 0) is 25.5 Å². The van der Waals surface area contributed by atoms with E-state index >= 15 is 0 Å². The van der Waals surface area contributed by atoms with E-state index in [-0.39, 0.29) is 11.5 Å². The number of carbonyl (C=O) groups excluding carboxylic acids is 1. The van der Waals surface area contributed by atoms with E-state index in [1.165, 1.54) is 4.68 Å². The third kappa shape index (κ3) is 3.10. The summed E-state index contributed by atoms with van der Waals surface area (Å²) in [5, 5.41) is 6.05. The lowest BCUT2D eigenvalue weighted by atomic mass is 10.1. The van der Waals surface area contributed by atoms with Gasteiger partial charge in [0, 0.05) is 23.7 Å². The monoisotopic (exact) mass is 391 g/mol. The lowest BCUT2D eigenvalue weighted by molar-refractivity contribution is -0.133. The van der Waals surface area contributed by atoms with Crippen LogP contribution in [0.1, 0.15) is 24.2 Å². The van der Waals surface area contributed by atoms with Crippen LogP contribution >= 0.6 is 11.3 Å². The fourth-order valence-electron chi connectivity index (χ4n) is 3.50. The van der Waals surface area contributed by atoms with Crippen molar-refractivity contribution in [2.75, 3.05) is 7.05 Å². The quantitative estimate of drug-likeness (QED) is 0.525. The molecule has 28 heavy (non-hydrogen) atoms. The molecule has 0 aliphatic carbocycles. The lowest BCUT2D eigenvalue weighted by Crippen LogP contribution is -2.38. The van der Waals surface area contributed by atoms with Crippen molar-refractivity contribution in [3.8, 4) is 0 Å². The van der Waals surface area contributed by atoms with E-state index in [1.54, 1.807) is 30.2 Å². The van der Waals surface area contributed by atoms with Crippen LogP contribution in [-0.2, 0) is 11.3 Å². The fourth-order valence-corrected chi connectivity index (χ4v) is 4.64. The summed E-state index contributed by atoms with van der Waals surface area (Å²) in [5.74, 6) is -0.142. The van der Waals surface area contributed by atoms with Crippen molar-refractivity contribution in [1.82, 2.24) is 14.7 Å². The van der Waals surface area contributed by atoms with E-state index in [4.69, 9.17) is 0 Å². The summed E-state index contributed by atoms with van der Waals surface area (Å²) < 4.78 is 3.28. The highest BCUT2D eigenvalue weighted by Gasteiger charge is 2.24. The molecule has 1 amide bonds. The Labute approximate surface area is 166 Å². The molecule has 6 heteroatoms. The third-order valence-electron chi connectivity index (χ3n) is 4.97. The van der Waals surface area contributed by atoms with Gasteiger partial charge in [0.2, 0.25) is 5.91 Å². The van der Waals surface area contributed by atoms with E-state index in [1.807, 2.05) is 61.5 Å². The normalized spacial score (nSPS) is 12.4. The number of nitrogens with zero attached hydrogens (tertiary/aromatic N) is 3. The average molecular weight is 391 g/mol. The zero-order chi connectivity index (χ0) is 19.8. The lowest BCUT2D eigenvalue weighted by Gasteiger charge is -2.22. The third-order valence-corrected chi connectivity index (χ3v) is 6.25. The molecule has 0 radical (unpaired) electrons. The molecule has 4 rings (SSSR count). The fraction of sp³-hybridized carbons (Fsp3) is 0.227. The number of amides is 1. The van der Waals surface area contributed by atoms with Gasteiger partial charge in [0.1, 0.15) is 6.04 Å². The Morgan fingerprint density at radius 2 is 1.82 bits per heavy atom. The zero-order valence-corrected chi connectivity index (χ0v) is 16.9. The van der Waals surface area contributed by atoms with Crippen molar-refractivity contribution in [2.45, 2.75) is 26.4 Å². The first kappa shape index (κ1) is 18.4. The van der Waals surface area contributed by atoms with Crippen LogP contribution in [0.3, 0.4) is 0 Å². The van der Waals surface area contributed by atoms with Gasteiger partial charge in [-0.1, -0.05) is 48.5 Å². The van der Waals surface area contributed by atoms with Crippen LogP contribution in [0.25, 0.3) is 20.2 Å². The van der Waals surface area contributed by atoms with Crippen molar-refractivity contribution >= 4 is 37.4 Å². The summed E-state index contributed by atoms with van der Waals surface area (Å²) in [6, 6.07) is 17.0. The number of rotatable bonds is 4. The molecule has 2 aromatic heterocycles. The van der Waals surface area contributed by atoms with Gasteiger partial charge in [-0.3, -0.25) is 9.59 Å². The van der Waals surface area contributed by atoms with Crippen molar-refractivity contribution in [2.24, 2.45) is 0 Å². The second-order valence-electron chi connectivity index (χ2n) is 6.99. The summed E-state index contributed by atoms with van der Waals surface area (Å²) in [6.45, 7) is 4.11. The van der Waals surface area contributed by atoms with Crippen LogP contribution in [0, 0.1) is 6.92 Å². The second kappa shape index (κ2) is 7.20. The van der Waals surface area contributed by atoms with E-state index in [9.17, 15) is 9.59 Å². The zero-order valence-electron chi connectivity index (χ0n) is 16.0. The van der Waals surface area contributed by atoms with E-state index in [0.717, 1.165) is 26.0 Å². The van der Waals surface area contributed by atoms with Gasteiger partial charge < -0.3 is 4.90 Å². The molecule has 1 unspecified atom stereocenters. The van der Waals surface area contributed by atoms with E-state index < -0.39 is 6.04 Å². The number of aromatic nitrogens is 2. The van der Waals surface area contributed by atoms with Crippen LogP contribution < -0.4 is 5.56 Å². The molecule has 0 N–H and O–H groups in total. The molecule has 0 fully saturated rings. The highest BCUT2D eigenvalue weighted by atomic mass is 32.1. The summed E-state index contributed by atoms with van der Waals surface area (Å²) >= 11 is 1.57. The van der Waals surface area contributed by atoms with Gasteiger partial charge in [0.25, 0.3) is 5.56 Å². The Morgan fingerprint density at radius 1 is 1.14 bits per heavy atom. The second-order valence-corrected chi connectivity index (χ2v) is 8.05. The van der Waals surface area contributed by atoms with Gasteiger partial charge in [0.15, 0.2) is 0 Å². The summed E-state index contributed by atoms with van der Waals surface area (Å²) in [5.41, 5.74) is 1.59. The summed E-state index contributed by atoms with van der Waals surface area (Å²) in [6.07, 6.45) is 0. The van der Waals surface area contributed by atoms with Crippen molar-refractivity contribution in [1.29, 1.82) is 0 Å². The molecule has 0 bridgehead atoms. The molecule has 0 aliphatic heterocycles. The number of hydrogen-bond donors (Lipinski definition) is 0. The molecular weight excluding hydrogens is 370 g/mol. The predicted octanol–water partition coefficient (Wildman–Crippen LogP) is 4.14. The molecular formula is C22H21N3O2S. The molecule has 2 heterocycles. The van der Waals surface area contributed by atoms with E-state index in [0.29, 0.717) is 11.9 Å². The molecule has 4 aromatic rings. The summed E-state index contributed by atoms with van der Waals surface area (Å²) in [4.78, 5) is 27.8. The molecule has 0 saturated carbocycles. The Balaban J connectivity index is 1.73. The number of fused-ring (bicyclic) bond motifs is 3. The van der Waals surface area contributed by atoms with Gasteiger partial charge >= 0.3 is 0 Å². The number of hydrogen-bond acceptors (Lipinski definition) is 4. The highest BCUT2D eigenvalue weighted by molar-refractivity contribution is 7.26. The SMILES string of the molecule is Cc1nn(C(C)C(=O)N(C)Cc2ccccc2)c(=O)c2c1sc1ccccc12. The average Bonchev–Trinajstić information content (AvgIpc) is 3.11. The maximum absolute atomic E-state index is 13.2. The predicted molar refractivity (Wildman–Crippen MR) is 114 cm³/mol. The minimum Gasteiger partial charge on any atom is -0.340 e. The minimum absolute atomic E-state index is 0.142. The number of thiophene rings is 1. The number of carbonyl (C=O) groups is 1. The summed E-state index contributed by atoms with van der Waals surface area (Å²) in [7, 11) is 1.75. The smallest absolute Gasteiger partial charge is 0.276 e. The van der Waals surface area contributed by atoms with Crippen LogP contribution in [0.4, 0.5) is 0 Å². The molecule has 0 aliphatic rings. The van der Waals surface area contributed by atoms with Crippen molar-refractivity contribution in [3.05, 3.63) is 76.2 Å². The maximum Gasteiger partial charge on any atom is 0.276 e. The Hall–Kier alpha value is -2.99. The molecule has 5 nitrogen and oxygen atoms in total. The van der Waals surface area contributed by atoms with Gasteiger partial charge in [-0.25, -0.2) is 4.68 Å². The Morgan fingerprint density at radius 3 is 2.57 bits per heavy atom. The number of benzene rings is 2. The standard InChI is InChI=1S/C22H21N3O2S/c1-14-20-19(17-11-7-8-12-18(17)28-20)22(27)25(23-14)15(2)21(26)24(3)13-16-9-5-4-6-10-16/h4-12,15H,13H2,1-3H3. The van der Waals surface area contributed by atoms with E-state index in [2.05, 4.69) is 5.10 Å². The molecule has 142 valence electrons. The first-order valence-corrected chi connectivity index (χ1v) is 9.98. The Bertz CT molecular complexity index is 1230.